The number of hydrogen-bond donors (Lipinski definition) is 4. The summed E-state index contributed by atoms with van der Waals surface area (Å²) < 4.78 is 0. The van der Waals surface area contributed by atoms with Crippen LogP contribution in [0.3, 0.4) is 0 Å². The number of halogens is 6. The molecule has 0 aromatic rings. The van der Waals surface area contributed by atoms with Crippen LogP contribution in [0.25, 0.3) is 0 Å². The molecule has 1 rings (SSSR count). The Morgan fingerprint density at radius 2 is 0.952 bits per heavy atom. The molecule has 0 radical (unpaired) electrons. The Morgan fingerprint density at radius 1 is 0.762 bits per heavy atom. The van der Waals surface area contributed by atoms with Crippen molar-refractivity contribution in [1.82, 2.24) is 0 Å². The van der Waals surface area contributed by atoms with Gasteiger partial charge >= 0.3 is 63.8 Å². The second-order valence-electron chi connectivity index (χ2n) is 5.28. The van der Waals surface area contributed by atoms with Crippen LogP contribution in [0.15, 0.2) is 0 Å². The molecule has 0 spiro atoms. The molecule has 4 N–H and O–H groups in total. The molecular formula is C10H24Cl6N2O2Pt. The predicted octanol–water partition coefficient (Wildman–Crippen LogP) is 0.666. The number of aliphatic hydroxyl groups is 2. The normalized spacial score (nSPS) is 29.4. The Labute approximate surface area is 148 Å². The van der Waals surface area contributed by atoms with Gasteiger partial charge in [0.05, 0.1) is 0 Å². The van der Waals surface area contributed by atoms with Gasteiger partial charge in [0.2, 0.25) is 0 Å². The molecule has 0 aliphatic carbocycles. The van der Waals surface area contributed by atoms with Crippen molar-refractivity contribution in [3.05, 3.63) is 0 Å². The summed E-state index contributed by atoms with van der Waals surface area (Å²) in [5, 5.41) is 18.5. The van der Waals surface area contributed by atoms with E-state index in [-0.39, 0.29) is 12.2 Å². The molecule has 1 heterocycles. The third-order valence-electron chi connectivity index (χ3n) is 2.83. The number of aliphatic hydroxyl groups excluding tert-OH is 2. The van der Waals surface area contributed by atoms with Gasteiger partial charge in [-0.15, -0.1) is 0 Å². The van der Waals surface area contributed by atoms with E-state index in [1.165, 1.54) is 9.80 Å². The summed E-state index contributed by atoms with van der Waals surface area (Å²) in [6.07, 6.45) is -0.383. The summed E-state index contributed by atoms with van der Waals surface area (Å²) in [6.45, 7) is 9.90. The Hall–Kier alpha value is 2.27. The molecule has 0 bridgehead atoms. The predicted molar refractivity (Wildman–Crippen MR) is 89.6 cm³/mol. The van der Waals surface area contributed by atoms with Crippen LogP contribution in [0.4, 0.5) is 0 Å². The van der Waals surface area contributed by atoms with Crippen LogP contribution in [0, 0.1) is 0 Å². The van der Waals surface area contributed by atoms with Crippen LogP contribution >= 0.6 is 56.5 Å². The molecule has 1 aliphatic rings. The van der Waals surface area contributed by atoms with Crippen LogP contribution in [-0.2, 0) is 7.31 Å². The summed E-state index contributed by atoms with van der Waals surface area (Å²) in [5.74, 6) is 0. The van der Waals surface area contributed by atoms with Gasteiger partial charge in [-0.25, -0.2) is 0 Å². The van der Waals surface area contributed by atoms with Gasteiger partial charge < -0.3 is 20.0 Å². The fourth-order valence-electron chi connectivity index (χ4n) is 2.20. The van der Waals surface area contributed by atoms with E-state index in [4.69, 9.17) is 56.5 Å². The number of nitrogens with one attached hydrogen (secondary N) is 2. The summed E-state index contributed by atoms with van der Waals surface area (Å²) in [6, 6.07) is 0. The van der Waals surface area contributed by atoms with E-state index in [1.54, 1.807) is 0 Å². The van der Waals surface area contributed by atoms with Gasteiger partial charge in [-0.1, -0.05) is 0 Å². The molecule has 1 saturated heterocycles. The molecule has 0 aromatic heterocycles. The number of quaternary nitrogens is 2. The van der Waals surface area contributed by atoms with Gasteiger partial charge in [-0.2, -0.15) is 0 Å². The Morgan fingerprint density at radius 3 is 1.10 bits per heavy atom. The minimum atomic E-state index is -5.29. The van der Waals surface area contributed by atoms with Crippen molar-refractivity contribution in [1.29, 1.82) is 0 Å². The summed E-state index contributed by atoms with van der Waals surface area (Å²) >= 11 is 0. The van der Waals surface area contributed by atoms with Crippen LogP contribution in [0.5, 0.6) is 0 Å². The molecule has 11 heteroatoms. The van der Waals surface area contributed by atoms with Crippen molar-refractivity contribution in [2.45, 2.75) is 26.1 Å². The first-order valence-corrected chi connectivity index (χ1v) is 23.2. The molecule has 1 aliphatic heterocycles. The molecule has 2 atom stereocenters. The second kappa shape index (κ2) is 8.10. The third kappa shape index (κ3) is 22.3. The quantitative estimate of drug-likeness (QED) is 0.378. The molecule has 4 nitrogen and oxygen atoms in total. The van der Waals surface area contributed by atoms with E-state index in [9.17, 15) is 10.2 Å². The zero-order valence-corrected chi connectivity index (χ0v) is 18.7. The van der Waals surface area contributed by atoms with Gasteiger partial charge in [0.15, 0.2) is 0 Å². The monoisotopic (exact) mass is 609 g/mol. The summed E-state index contributed by atoms with van der Waals surface area (Å²) in [7, 11) is 25.0. The molecule has 0 amide bonds. The second-order valence-corrected chi connectivity index (χ2v) is 54.5. The fraction of sp³-hybridized carbons (Fsp3) is 1.00. The van der Waals surface area contributed by atoms with Crippen molar-refractivity contribution in [2.75, 3.05) is 39.3 Å². The van der Waals surface area contributed by atoms with E-state index in [2.05, 4.69) is 0 Å². The Bertz CT molecular complexity index is 284. The van der Waals surface area contributed by atoms with Crippen LogP contribution in [0.2, 0.25) is 0 Å². The first kappa shape index (κ1) is 23.3. The van der Waals surface area contributed by atoms with Crippen LogP contribution < -0.4 is 9.80 Å². The maximum atomic E-state index is 9.25. The van der Waals surface area contributed by atoms with Gasteiger partial charge in [0, 0.05) is 0 Å². The standard InChI is InChI=1S/C10H22N2O2.6ClH.Pt/c1-9(13)7-11-3-5-12(6-4-11)8-10(2)14;;;;;;;/h9-10,13-14H,3-8H2,1-2H3;6*1H;/q;;;;;;;+4/p-4. The Balaban J connectivity index is 0.000000486. The molecule has 21 heavy (non-hydrogen) atoms. The van der Waals surface area contributed by atoms with Crippen molar-refractivity contribution < 1.29 is 27.3 Å². The zero-order valence-electron chi connectivity index (χ0n) is 11.9. The van der Waals surface area contributed by atoms with Crippen LogP contribution in [0.1, 0.15) is 13.8 Å². The van der Waals surface area contributed by atoms with Gasteiger partial charge in [-0.3, -0.25) is 0 Å². The van der Waals surface area contributed by atoms with E-state index < -0.39 is 7.31 Å². The first-order chi connectivity index (χ1) is 9.02. The number of piperazine rings is 1. The summed E-state index contributed by atoms with van der Waals surface area (Å²) in [4.78, 5) is 2.99. The average molecular weight is 612 g/mol. The van der Waals surface area contributed by atoms with Crippen molar-refractivity contribution in [3.8, 4) is 0 Å². The molecule has 0 saturated carbocycles. The van der Waals surface area contributed by atoms with Gasteiger partial charge in [-0.05, 0) is 13.8 Å². The Kier molecular flexibility index (Phi) is 8.97. The minimum absolute atomic E-state index is 0.191. The first-order valence-electron chi connectivity index (χ1n) is 6.33. The average Bonchev–Trinajstić information content (AvgIpc) is 2.14. The molecule has 1 fully saturated rings. The number of hydrogen-bond acceptors (Lipinski definition) is 2. The summed E-state index contributed by atoms with van der Waals surface area (Å²) in [5.41, 5.74) is 0. The van der Waals surface area contributed by atoms with E-state index in [0.29, 0.717) is 0 Å². The van der Waals surface area contributed by atoms with Crippen molar-refractivity contribution >= 4 is 56.5 Å². The van der Waals surface area contributed by atoms with Crippen molar-refractivity contribution in [2.24, 2.45) is 0 Å². The van der Waals surface area contributed by atoms with Gasteiger partial charge in [0.25, 0.3) is 0 Å². The van der Waals surface area contributed by atoms with E-state index >= 15 is 0 Å². The number of rotatable bonds is 4. The molecule has 2 unspecified atom stereocenters. The van der Waals surface area contributed by atoms with E-state index in [1.807, 2.05) is 13.8 Å². The molecular weight excluding hydrogens is 588 g/mol. The van der Waals surface area contributed by atoms with Crippen LogP contribution in [-0.4, -0.2) is 61.7 Å². The topological polar surface area (TPSA) is 49.3 Å². The third-order valence-corrected chi connectivity index (χ3v) is 2.83. The fourth-order valence-corrected chi connectivity index (χ4v) is 2.20. The zero-order chi connectivity index (χ0) is 17.0. The van der Waals surface area contributed by atoms with Gasteiger partial charge in [0.1, 0.15) is 51.5 Å². The molecule has 138 valence electrons. The SMILES string of the molecule is CC(O)C[NH+]1CC[NH+](CC(C)O)CC1.[Cl][Pt-2]([Cl])([Cl])([Cl])([Cl])[Cl]. The van der Waals surface area contributed by atoms with Crippen molar-refractivity contribution in [3.63, 3.8) is 0 Å². The maximum absolute atomic E-state index is 9.25. The van der Waals surface area contributed by atoms with E-state index in [0.717, 1.165) is 39.3 Å². The molecule has 0 aromatic carbocycles.